The average molecular weight is 387 g/mol. The quantitative estimate of drug-likeness (QED) is 0.479. The third-order valence-corrected chi connectivity index (χ3v) is 4.21. The van der Waals surface area contributed by atoms with Crippen LogP contribution in [0.4, 0.5) is 11.4 Å². The Morgan fingerprint density at radius 1 is 1.21 bits per heavy atom. The topological polar surface area (TPSA) is 83.6 Å². The molecule has 0 aliphatic carbocycles. The molecule has 9 heteroatoms. The molecule has 0 spiro atoms. The Kier molecular flexibility index (Phi) is 5.88. The molecule has 0 saturated carbocycles. The van der Waals surface area contributed by atoms with Gasteiger partial charge in [0.25, 0.3) is 5.91 Å². The second-order valence-electron chi connectivity index (χ2n) is 4.98. The van der Waals surface area contributed by atoms with Crippen LogP contribution in [0.25, 0.3) is 0 Å². The molecule has 0 aliphatic rings. The fourth-order valence-electron chi connectivity index (χ4n) is 1.76. The number of nitrogens with two attached hydrogens (primary N) is 1. The van der Waals surface area contributed by atoms with Crippen LogP contribution in [-0.4, -0.2) is 31.2 Å². The zero-order valence-electron chi connectivity index (χ0n) is 12.8. The number of hydrogen-bond donors (Lipinski definition) is 2. The Bertz CT molecular complexity index is 791. The first-order valence-electron chi connectivity index (χ1n) is 6.72. The van der Waals surface area contributed by atoms with Crippen LogP contribution < -0.4 is 16.1 Å². The number of nitrogen functional groups attached to an aromatic ring is 1. The van der Waals surface area contributed by atoms with Gasteiger partial charge in [-0.15, -0.1) is 0 Å². The molecule has 1 amide bonds. The van der Waals surface area contributed by atoms with Crippen LogP contribution in [0.1, 0.15) is 16.1 Å². The fraction of sp³-hybridized carbons (Fsp3) is 0.133. The van der Waals surface area contributed by atoms with Gasteiger partial charge in [-0.3, -0.25) is 4.79 Å². The zero-order chi connectivity index (χ0) is 17.9. The summed E-state index contributed by atoms with van der Waals surface area (Å²) in [4.78, 5) is 17.9. The van der Waals surface area contributed by atoms with E-state index in [1.807, 2.05) is 43.3 Å². The van der Waals surface area contributed by atoms with Crippen molar-refractivity contribution in [3.63, 3.8) is 0 Å². The van der Waals surface area contributed by atoms with Gasteiger partial charge >= 0.3 is 0 Å². The molecule has 1 aromatic carbocycles. The molecule has 0 aliphatic heterocycles. The second kappa shape index (κ2) is 7.70. The lowest BCUT2D eigenvalue weighted by Gasteiger charge is -2.11. The number of hydrazone groups is 1. The fourth-order valence-corrected chi connectivity index (χ4v) is 2.35. The minimum absolute atomic E-state index is 0.00250. The Hall–Kier alpha value is -2.02. The highest BCUT2D eigenvalue weighted by Crippen LogP contribution is 2.34. The number of pyridine rings is 1. The predicted molar refractivity (Wildman–Crippen MR) is 99.5 cm³/mol. The van der Waals surface area contributed by atoms with Crippen molar-refractivity contribution in [2.45, 2.75) is 0 Å². The number of halogens is 3. The van der Waals surface area contributed by atoms with Crippen LogP contribution in [0.15, 0.2) is 29.4 Å². The van der Waals surface area contributed by atoms with E-state index in [1.165, 1.54) is 6.21 Å². The van der Waals surface area contributed by atoms with Crippen molar-refractivity contribution >= 4 is 58.3 Å². The predicted octanol–water partition coefficient (Wildman–Crippen LogP) is 3.45. The van der Waals surface area contributed by atoms with Crippen molar-refractivity contribution in [3.05, 3.63) is 50.7 Å². The Morgan fingerprint density at radius 3 is 2.42 bits per heavy atom. The molecule has 0 unspecified atom stereocenters. The molecule has 2 rings (SSSR count). The van der Waals surface area contributed by atoms with Crippen LogP contribution in [0.3, 0.4) is 0 Å². The molecule has 24 heavy (non-hydrogen) atoms. The number of carbonyl (C=O) groups excluding carboxylic acids is 1. The van der Waals surface area contributed by atoms with Crippen molar-refractivity contribution in [3.8, 4) is 0 Å². The minimum atomic E-state index is -0.647. The molecule has 1 aromatic heterocycles. The van der Waals surface area contributed by atoms with E-state index < -0.39 is 5.91 Å². The van der Waals surface area contributed by atoms with Gasteiger partial charge in [-0.05, 0) is 17.7 Å². The van der Waals surface area contributed by atoms with Gasteiger partial charge in [0.05, 0.1) is 16.9 Å². The van der Waals surface area contributed by atoms with E-state index in [1.54, 1.807) is 0 Å². The Balaban J connectivity index is 2.10. The first kappa shape index (κ1) is 18.3. The van der Waals surface area contributed by atoms with Crippen LogP contribution in [-0.2, 0) is 0 Å². The summed E-state index contributed by atoms with van der Waals surface area (Å²) in [5.74, 6) is -0.647. The summed E-state index contributed by atoms with van der Waals surface area (Å²) in [6.07, 6.45) is 1.49. The lowest BCUT2D eigenvalue weighted by Crippen LogP contribution is -2.20. The number of nitrogens with zero attached hydrogens (tertiary/aromatic N) is 3. The van der Waals surface area contributed by atoms with Crippen molar-refractivity contribution in [1.29, 1.82) is 0 Å². The van der Waals surface area contributed by atoms with Gasteiger partial charge in [-0.1, -0.05) is 46.9 Å². The van der Waals surface area contributed by atoms with Gasteiger partial charge in [0, 0.05) is 19.8 Å². The third-order valence-electron chi connectivity index (χ3n) is 3.08. The van der Waals surface area contributed by atoms with Gasteiger partial charge in [0.2, 0.25) is 0 Å². The first-order valence-corrected chi connectivity index (χ1v) is 7.85. The summed E-state index contributed by atoms with van der Waals surface area (Å²) in [5.41, 5.74) is 9.69. The second-order valence-corrected chi connectivity index (χ2v) is 6.09. The molecule has 0 fully saturated rings. The number of hydrogen-bond acceptors (Lipinski definition) is 5. The molecule has 3 N–H and O–H groups in total. The SMILES string of the molecule is CN(C)c1ccc(C=NNC(=O)c2nc(Cl)c(Cl)c(N)c2Cl)cc1. The van der Waals surface area contributed by atoms with Gasteiger partial charge in [0.15, 0.2) is 10.8 Å². The highest BCUT2D eigenvalue weighted by Gasteiger charge is 2.19. The van der Waals surface area contributed by atoms with E-state index in [0.29, 0.717) is 0 Å². The molecule has 0 atom stereocenters. The average Bonchev–Trinajstić information content (AvgIpc) is 2.56. The summed E-state index contributed by atoms with van der Waals surface area (Å²) in [5, 5.41) is 3.68. The van der Waals surface area contributed by atoms with E-state index in [0.717, 1.165) is 11.3 Å². The molecule has 2 aromatic rings. The summed E-state index contributed by atoms with van der Waals surface area (Å²) in [6.45, 7) is 0. The Labute approximate surface area is 154 Å². The largest absolute Gasteiger partial charge is 0.396 e. The van der Waals surface area contributed by atoms with Crippen LogP contribution in [0.5, 0.6) is 0 Å². The summed E-state index contributed by atoms with van der Waals surface area (Å²) in [6, 6.07) is 7.60. The standard InChI is InChI=1S/C15H14Cl3N5O/c1-23(2)9-5-3-8(4-6-9)7-20-22-15(24)13-10(16)12(19)11(17)14(18)21-13/h3-7H,1-2H3,(H2,19,21)(H,22,24). The van der Waals surface area contributed by atoms with E-state index in [2.05, 4.69) is 15.5 Å². The number of benzene rings is 1. The van der Waals surface area contributed by atoms with Gasteiger partial charge in [-0.25, -0.2) is 10.4 Å². The van der Waals surface area contributed by atoms with Crippen molar-refractivity contribution < 1.29 is 4.79 Å². The van der Waals surface area contributed by atoms with E-state index in [4.69, 9.17) is 40.5 Å². The zero-order valence-corrected chi connectivity index (χ0v) is 15.1. The molecular weight excluding hydrogens is 373 g/mol. The van der Waals surface area contributed by atoms with Gasteiger partial charge in [-0.2, -0.15) is 5.10 Å². The molecule has 1 heterocycles. The van der Waals surface area contributed by atoms with Crippen molar-refractivity contribution in [1.82, 2.24) is 10.4 Å². The maximum Gasteiger partial charge on any atom is 0.291 e. The van der Waals surface area contributed by atoms with Gasteiger partial charge in [0.1, 0.15) is 5.02 Å². The number of rotatable bonds is 4. The molecule has 0 bridgehead atoms. The molecule has 0 radical (unpaired) electrons. The van der Waals surface area contributed by atoms with E-state index >= 15 is 0 Å². The van der Waals surface area contributed by atoms with E-state index in [9.17, 15) is 4.79 Å². The lowest BCUT2D eigenvalue weighted by molar-refractivity contribution is 0.0950. The summed E-state index contributed by atoms with van der Waals surface area (Å²) in [7, 11) is 3.89. The van der Waals surface area contributed by atoms with Crippen molar-refractivity contribution in [2.24, 2.45) is 5.10 Å². The highest BCUT2D eigenvalue weighted by molar-refractivity contribution is 6.46. The number of anilines is 2. The smallest absolute Gasteiger partial charge is 0.291 e. The van der Waals surface area contributed by atoms with E-state index in [-0.39, 0.29) is 26.6 Å². The lowest BCUT2D eigenvalue weighted by atomic mass is 10.2. The Morgan fingerprint density at radius 2 is 1.83 bits per heavy atom. The normalized spacial score (nSPS) is 10.9. The monoisotopic (exact) mass is 385 g/mol. The maximum absolute atomic E-state index is 12.1. The molecule has 126 valence electrons. The van der Waals surface area contributed by atoms with Crippen LogP contribution >= 0.6 is 34.8 Å². The number of amides is 1. The summed E-state index contributed by atoms with van der Waals surface area (Å²) < 4.78 is 0. The maximum atomic E-state index is 12.1. The highest BCUT2D eigenvalue weighted by atomic mass is 35.5. The minimum Gasteiger partial charge on any atom is -0.396 e. The number of aromatic nitrogens is 1. The van der Waals surface area contributed by atoms with Crippen LogP contribution in [0.2, 0.25) is 15.2 Å². The van der Waals surface area contributed by atoms with Gasteiger partial charge < -0.3 is 10.6 Å². The molecule has 6 nitrogen and oxygen atoms in total. The van der Waals surface area contributed by atoms with Crippen molar-refractivity contribution in [2.75, 3.05) is 24.7 Å². The molecule has 0 saturated heterocycles. The first-order chi connectivity index (χ1) is 11.3. The summed E-state index contributed by atoms with van der Waals surface area (Å²) >= 11 is 17.6. The molecular formula is C15H14Cl3N5O. The van der Waals surface area contributed by atoms with Crippen LogP contribution in [0, 0.1) is 0 Å². The third kappa shape index (κ3) is 4.08. The number of nitrogens with one attached hydrogen (secondary N) is 1. The number of carbonyl (C=O) groups is 1.